The van der Waals surface area contributed by atoms with Crippen molar-refractivity contribution in [3.8, 4) is 0 Å². The highest BCUT2D eigenvalue weighted by Crippen LogP contribution is 2.29. The summed E-state index contributed by atoms with van der Waals surface area (Å²) >= 11 is 1.06. The molecular weight excluding hydrogens is 331 g/mol. The van der Waals surface area contributed by atoms with Gasteiger partial charge in [0, 0.05) is 11.4 Å². The second kappa shape index (κ2) is 6.86. The molecule has 9 heteroatoms. The summed E-state index contributed by atoms with van der Waals surface area (Å²) < 4.78 is 37.3. The van der Waals surface area contributed by atoms with E-state index in [9.17, 15) is 22.8 Å². The number of nitrogens with one attached hydrogen (secondary N) is 2. The Morgan fingerprint density at radius 2 is 1.96 bits per heavy atom. The van der Waals surface area contributed by atoms with Crippen LogP contribution in [0.25, 0.3) is 0 Å². The maximum Gasteiger partial charge on any atom is 0.416 e. The molecule has 1 aromatic carbocycles. The molecule has 0 spiro atoms. The Balaban J connectivity index is 1.93. The number of hydrogen-bond acceptors (Lipinski definition) is 4. The maximum atomic E-state index is 12.4. The van der Waals surface area contributed by atoms with Gasteiger partial charge in [0.05, 0.1) is 11.3 Å². The van der Waals surface area contributed by atoms with Crippen LogP contribution in [0.3, 0.4) is 0 Å². The third-order valence-corrected chi connectivity index (χ3v) is 3.61. The molecule has 2 aromatic rings. The average Bonchev–Trinajstić information content (AvgIpc) is 2.44. The van der Waals surface area contributed by atoms with E-state index in [-0.39, 0.29) is 11.4 Å². The number of aromatic amines is 1. The predicted molar refractivity (Wildman–Crippen MR) is 80.4 cm³/mol. The normalized spacial score (nSPS) is 11.3. The van der Waals surface area contributed by atoms with Gasteiger partial charge >= 0.3 is 11.9 Å². The smallest absolute Gasteiger partial charge is 0.325 e. The number of alkyl halides is 3. The van der Waals surface area contributed by atoms with Crippen molar-refractivity contribution >= 4 is 23.4 Å². The van der Waals surface area contributed by atoms with E-state index in [1.165, 1.54) is 12.1 Å². The molecule has 0 aliphatic heterocycles. The minimum atomic E-state index is -4.41. The molecule has 1 aromatic heterocycles. The first-order chi connectivity index (χ1) is 10.7. The number of carbonyl (C=O) groups is 1. The van der Waals surface area contributed by atoms with Crippen molar-refractivity contribution in [2.24, 2.45) is 0 Å². The van der Waals surface area contributed by atoms with Crippen LogP contribution < -0.4 is 11.0 Å². The highest BCUT2D eigenvalue weighted by molar-refractivity contribution is 7.99. The third-order valence-electron chi connectivity index (χ3n) is 2.70. The number of aryl methyl sites for hydroxylation is 1. The zero-order valence-electron chi connectivity index (χ0n) is 11.9. The zero-order valence-corrected chi connectivity index (χ0v) is 12.7. The number of carbonyl (C=O) groups excluding carboxylic acids is 1. The summed E-state index contributed by atoms with van der Waals surface area (Å²) in [7, 11) is 0. The van der Waals surface area contributed by atoms with Gasteiger partial charge in [-0.05, 0) is 37.3 Å². The fourth-order valence-electron chi connectivity index (χ4n) is 1.70. The number of anilines is 1. The van der Waals surface area contributed by atoms with Crippen molar-refractivity contribution in [1.29, 1.82) is 0 Å². The van der Waals surface area contributed by atoms with E-state index >= 15 is 0 Å². The second-order valence-corrected chi connectivity index (χ2v) is 5.62. The summed E-state index contributed by atoms with van der Waals surface area (Å²) in [6.45, 7) is 1.69. The van der Waals surface area contributed by atoms with E-state index in [0.29, 0.717) is 10.7 Å². The van der Waals surface area contributed by atoms with Crippen molar-refractivity contribution in [3.05, 3.63) is 52.1 Å². The summed E-state index contributed by atoms with van der Waals surface area (Å²) in [5.41, 5.74) is -0.405. The maximum absolute atomic E-state index is 12.4. The van der Waals surface area contributed by atoms with Crippen LogP contribution in [0.4, 0.5) is 18.9 Å². The van der Waals surface area contributed by atoms with Crippen LogP contribution in [0.1, 0.15) is 11.3 Å². The van der Waals surface area contributed by atoms with Crippen LogP contribution in [0.15, 0.2) is 40.2 Å². The molecule has 0 bridgehead atoms. The van der Waals surface area contributed by atoms with Crippen LogP contribution in [0.5, 0.6) is 0 Å². The van der Waals surface area contributed by atoms with Gasteiger partial charge in [0.1, 0.15) is 5.03 Å². The first-order valence-electron chi connectivity index (χ1n) is 6.42. The fourth-order valence-corrected chi connectivity index (χ4v) is 2.46. The molecule has 0 fully saturated rings. The lowest BCUT2D eigenvalue weighted by atomic mass is 10.2. The second-order valence-electron chi connectivity index (χ2n) is 4.62. The van der Waals surface area contributed by atoms with Gasteiger partial charge in [-0.2, -0.15) is 18.2 Å². The number of benzene rings is 1. The molecule has 2 N–H and O–H groups in total. The SMILES string of the molecule is Cc1cc(SCC(=O)Nc2ccc(C(F)(F)F)cc2)nc(=O)[nH]1. The molecule has 0 aliphatic carbocycles. The molecular formula is C14H12F3N3O2S. The Bertz CT molecular complexity index is 757. The Hall–Kier alpha value is -2.29. The summed E-state index contributed by atoms with van der Waals surface area (Å²) in [6.07, 6.45) is -4.41. The lowest BCUT2D eigenvalue weighted by Crippen LogP contribution is -2.16. The fraction of sp³-hybridized carbons (Fsp3) is 0.214. The first kappa shape index (κ1) is 17.1. The lowest BCUT2D eigenvalue weighted by molar-refractivity contribution is -0.137. The van der Waals surface area contributed by atoms with Gasteiger partial charge in [0.15, 0.2) is 0 Å². The average molecular weight is 343 g/mol. The number of thioether (sulfide) groups is 1. The Labute approximate surface area is 133 Å². The Kier molecular flexibility index (Phi) is 5.09. The first-order valence-corrected chi connectivity index (χ1v) is 7.40. The van der Waals surface area contributed by atoms with Crippen molar-refractivity contribution in [3.63, 3.8) is 0 Å². The third kappa shape index (κ3) is 5.13. The molecule has 0 saturated heterocycles. The van der Waals surface area contributed by atoms with Gasteiger partial charge < -0.3 is 10.3 Å². The van der Waals surface area contributed by atoms with E-state index in [2.05, 4.69) is 15.3 Å². The van der Waals surface area contributed by atoms with Crippen molar-refractivity contribution < 1.29 is 18.0 Å². The van der Waals surface area contributed by atoms with Gasteiger partial charge in [0.25, 0.3) is 0 Å². The predicted octanol–water partition coefficient (Wildman–Crippen LogP) is 2.83. The molecule has 2 rings (SSSR count). The van der Waals surface area contributed by atoms with Crippen LogP contribution in [0.2, 0.25) is 0 Å². The molecule has 0 atom stereocenters. The van der Waals surface area contributed by atoms with Crippen molar-refractivity contribution in [1.82, 2.24) is 9.97 Å². The van der Waals surface area contributed by atoms with Crippen LogP contribution in [-0.4, -0.2) is 21.6 Å². The highest BCUT2D eigenvalue weighted by Gasteiger charge is 2.29. The quantitative estimate of drug-likeness (QED) is 0.661. The van der Waals surface area contributed by atoms with Gasteiger partial charge in [0.2, 0.25) is 5.91 Å². The van der Waals surface area contributed by atoms with Gasteiger partial charge in [-0.15, -0.1) is 0 Å². The van der Waals surface area contributed by atoms with Crippen LogP contribution in [-0.2, 0) is 11.0 Å². The standard InChI is InChI=1S/C14H12F3N3O2S/c1-8-6-12(20-13(22)18-8)23-7-11(21)19-10-4-2-9(3-5-10)14(15,16)17/h2-6H,7H2,1H3,(H,19,21)(H,18,20,22). The molecule has 0 unspecified atom stereocenters. The minimum Gasteiger partial charge on any atom is -0.325 e. The Morgan fingerprint density at radius 1 is 1.30 bits per heavy atom. The molecule has 1 heterocycles. The molecule has 0 saturated carbocycles. The van der Waals surface area contributed by atoms with Gasteiger partial charge in [-0.3, -0.25) is 4.79 Å². The number of halogens is 3. The summed E-state index contributed by atoms with van der Waals surface area (Å²) in [6, 6.07) is 5.77. The molecule has 122 valence electrons. The summed E-state index contributed by atoms with van der Waals surface area (Å²) in [5, 5.41) is 2.88. The van der Waals surface area contributed by atoms with Crippen LogP contribution in [0, 0.1) is 6.92 Å². The molecule has 23 heavy (non-hydrogen) atoms. The summed E-state index contributed by atoms with van der Waals surface area (Å²) in [4.78, 5) is 29.1. The van der Waals surface area contributed by atoms with Crippen molar-refractivity contribution in [2.45, 2.75) is 18.1 Å². The molecule has 5 nitrogen and oxygen atoms in total. The van der Waals surface area contributed by atoms with Gasteiger partial charge in [-0.1, -0.05) is 11.8 Å². The minimum absolute atomic E-state index is 0.0169. The Morgan fingerprint density at radius 3 is 2.52 bits per heavy atom. The number of rotatable bonds is 4. The van der Waals surface area contributed by atoms with E-state index in [4.69, 9.17) is 0 Å². The number of nitrogens with zero attached hydrogens (tertiary/aromatic N) is 1. The number of H-pyrrole nitrogens is 1. The zero-order chi connectivity index (χ0) is 17.0. The van der Waals surface area contributed by atoms with Crippen LogP contribution >= 0.6 is 11.8 Å². The van der Waals surface area contributed by atoms with E-state index in [1.807, 2.05) is 0 Å². The monoisotopic (exact) mass is 343 g/mol. The molecule has 1 amide bonds. The lowest BCUT2D eigenvalue weighted by Gasteiger charge is -2.08. The van der Waals surface area contributed by atoms with Crippen molar-refractivity contribution in [2.75, 3.05) is 11.1 Å². The number of aromatic nitrogens is 2. The number of amides is 1. The van der Waals surface area contributed by atoms with Gasteiger partial charge in [-0.25, -0.2) is 4.79 Å². The summed E-state index contributed by atoms with van der Waals surface area (Å²) in [5.74, 6) is -0.425. The van der Waals surface area contributed by atoms with E-state index < -0.39 is 23.3 Å². The molecule has 0 aliphatic rings. The van der Waals surface area contributed by atoms with E-state index in [0.717, 1.165) is 23.9 Å². The topological polar surface area (TPSA) is 74.8 Å². The highest BCUT2D eigenvalue weighted by atomic mass is 32.2. The largest absolute Gasteiger partial charge is 0.416 e. The molecule has 0 radical (unpaired) electrons. The number of hydrogen-bond donors (Lipinski definition) is 2. The van der Waals surface area contributed by atoms with E-state index in [1.54, 1.807) is 13.0 Å².